The lowest BCUT2D eigenvalue weighted by Gasteiger charge is -2.38. The van der Waals surface area contributed by atoms with Crippen LogP contribution in [0.15, 0.2) is 99.3 Å². The van der Waals surface area contributed by atoms with Crippen LogP contribution in [0, 0.1) is 6.92 Å². The molecule has 5 aromatic rings. The molecule has 0 radical (unpaired) electrons. The van der Waals surface area contributed by atoms with Crippen LogP contribution in [-0.2, 0) is 0 Å². The number of aromatic nitrogens is 2. The lowest BCUT2D eigenvalue weighted by molar-refractivity contribution is 0.585. The highest BCUT2D eigenvalue weighted by Gasteiger charge is 2.39. The zero-order valence-electron chi connectivity index (χ0n) is 19.2. The molecule has 36 heavy (non-hydrogen) atoms. The fourth-order valence-corrected chi connectivity index (χ4v) is 5.24. The topological polar surface area (TPSA) is 63.6 Å². The maximum Gasteiger partial charge on any atom is 0.198 e. The number of fused-ring (bicyclic) bond motifs is 5. The van der Waals surface area contributed by atoms with Gasteiger partial charge in [0.2, 0.25) is 0 Å². The van der Waals surface area contributed by atoms with Gasteiger partial charge in [0, 0.05) is 10.6 Å². The molecular weight excluding hydrogens is 472 g/mol. The van der Waals surface area contributed by atoms with Crippen LogP contribution in [0.3, 0.4) is 0 Å². The standard InChI is InChI=1S/C29H19ClN4O2/c1-17-26-27(22-16-36-24-9-5-3-7-21(24)28(22)35)33-23-8-4-2-6-18(23)10-15-25(33)31-29(26)34(32-17)20-13-11-19(30)12-14-20/h2-16,27H,1H3/t27-/m1/s1. The predicted octanol–water partition coefficient (Wildman–Crippen LogP) is 6.61. The molecule has 1 atom stereocenters. The van der Waals surface area contributed by atoms with Crippen LogP contribution in [0.25, 0.3) is 22.7 Å². The molecule has 7 rings (SSSR count). The van der Waals surface area contributed by atoms with E-state index in [0.29, 0.717) is 27.4 Å². The van der Waals surface area contributed by atoms with Gasteiger partial charge >= 0.3 is 0 Å². The summed E-state index contributed by atoms with van der Waals surface area (Å²) in [5, 5.41) is 6.05. The van der Waals surface area contributed by atoms with Gasteiger partial charge in [0.05, 0.1) is 34.1 Å². The Bertz CT molecular complexity index is 1800. The minimum atomic E-state index is -0.472. The van der Waals surface area contributed by atoms with Crippen LogP contribution in [0.1, 0.15) is 28.4 Å². The van der Waals surface area contributed by atoms with Gasteiger partial charge in [-0.1, -0.05) is 41.9 Å². The molecule has 0 amide bonds. The van der Waals surface area contributed by atoms with E-state index in [2.05, 4.69) is 11.0 Å². The van der Waals surface area contributed by atoms with Gasteiger partial charge in [-0.15, -0.1) is 0 Å². The molecule has 174 valence electrons. The van der Waals surface area contributed by atoms with Gasteiger partial charge in [0.15, 0.2) is 11.2 Å². The quantitative estimate of drug-likeness (QED) is 0.279. The second-order valence-corrected chi connectivity index (χ2v) is 9.30. The van der Waals surface area contributed by atoms with Gasteiger partial charge in [-0.2, -0.15) is 5.10 Å². The maximum atomic E-state index is 13.9. The van der Waals surface area contributed by atoms with Crippen molar-refractivity contribution in [1.82, 2.24) is 9.78 Å². The third-order valence-corrected chi connectivity index (χ3v) is 7.01. The third kappa shape index (κ3) is 3.01. The van der Waals surface area contributed by atoms with E-state index < -0.39 is 6.04 Å². The van der Waals surface area contributed by atoms with Crippen molar-refractivity contribution in [3.8, 4) is 5.69 Å². The summed E-state index contributed by atoms with van der Waals surface area (Å²) in [6, 6.07) is 22.4. The first-order chi connectivity index (χ1) is 17.6. The fraction of sp³-hybridized carbons (Fsp3) is 0.0690. The van der Waals surface area contributed by atoms with E-state index in [9.17, 15) is 4.79 Å². The molecule has 0 fully saturated rings. The van der Waals surface area contributed by atoms with Gasteiger partial charge in [-0.3, -0.25) is 4.79 Å². The Kier molecular flexibility index (Phi) is 4.53. The van der Waals surface area contributed by atoms with Crippen LogP contribution in [0.5, 0.6) is 0 Å². The van der Waals surface area contributed by atoms with Gasteiger partial charge < -0.3 is 9.32 Å². The van der Waals surface area contributed by atoms with E-state index in [1.807, 2.05) is 84.4 Å². The minimum Gasteiger partial charge on any atom is -0.464 e. The number of hydrogen-bond acceptors (Lipinski definition) is 5. The zero-order chi connectivity index (χ0) is 24.4. The summed E-state index contributed by atoms with van der Waals surface area (Å²) < 4.78 is 7.79. The first-order valence-corrected chi connectivity index (χ1v) is 12.0. The highest BCUT2D eigenvalue weighted by molar-refractivity contribution is 6.30. The zero-order valence-corrected chi connectivity index (χ0v) is 20.0. The second-order valence-electron chi connectivity index (χ2n) is 8.86. The molecule has 2 aliphatic rings. The van der Waals surface area contributed by atoms with Gasteiger partial charge in [-0.05, 0) is 67.1 Å². The summed E-state index contributed by atoms with van der Waals surface area (Å²) in [6.45, 7) is 1.95. The molecule has 2 aromatic heterocycles. The Morgan fingerprint density at radius 3 is 2.58 bits per heavy atom. The minimum absolute atomic E-state index is 0.0697. The van der Waals surface area contributed by atoms with Crippen molar-refractivity contribution in [3.63, 3.8) is 0 Å². The number of para-hydroxylation sites is 2. The highest BCUT2D eigenvalue weighted by Crippen LogP contribution is 2.46. The van der Waals surface area contributed by atoms with Crippen LogP contribution >= 0.6 is 11.6 Å². The molecule has 3 aromatic carbocycles. The molecule has 0 saturated carbocycles. The number of anilines is 1. The number of nitrogens with zero attached hydrogens (tertiary/aromatic N) is 4. The Morgan fingerprint density at radius 2 is 1.72 bits per heavy atom. The smallest absolute Gasteiger partial charge is 0.198 e. The van der Waals surface area contributed by atoms with E-state index in [1.54, 1.807) is 12.3 Å². The summed E-state index contributed by atoms with van der Waals surface area (Å²) in [7, 11) is 0. The molecule has 6 nitrogen and oxygen atoms in total. The van der Waals surface area contributed by atoms with Gasteiger partial charge in [-0.25, -0.2) is 9.67 Å². The molecule has 0 spiro atoms. The van der Waals surface area contributed by atoms with Crippen molar-refractivity contribution in [2.24, 2.45) is 4.99 Å². The molecule has 0 aliphatic carbocycles. The number of rotatable bonds is 2. The normalized spacial score (nSPS) is 15.9. The predicted molar refractivity (Wildman–Crippen MR) is 143 cm³/mol. The summed E-state index contributed by atoms with van der Waals surface area (Å²) in [6.07, 6.45) is 5.61. The Morgan fingerprint density at radius 1 is 0.944 bits per heavy atom. The molecular formula is C29H19ClN4O2. The van der Waals surface area contributed by atoms with Crippen molar-refractivity contribution < 1.29 is 4.42 Å². The number of benzene rings is 3. The monoisotopic (exact) mass is 490 g/mol. The largest absolute Gasteiger partial charge is 0.464 e. The van der Waals surface area contributed by atoms with E-state index >= 15 is 0 Å². The molecule has 0 N–H and O–H groups in total. The second kappa shape index (κ2) is 7.80. The summed E-state index contributed by atoms with van der Waals surface area (Å²) in [5.41, 5.74) is 5.54. The number of amidine groups is 1. The molecule has 0 bridgehead atoms. The molecule has 4 heterocycles. The summed E-state index contributed by atoms with van der Waals surface area (Å²) in [4.78, 5) is 21.0. The van der Waals surface area contributed by atoms with Crippen molar-refractivity contribution in [3.05, 3.63) is 123 Å². The van der Waals surface area contributed by atoms with Crippen molar-refractivity contribution >= 4 is 46.0 Å². The van der Waals surface area contributed by atoms with E-state index in [1.165, 1.54) is 0 Å². The lowest BCUT2D eigenvalue weighted by atomic mass is 9.92. The number of halogens is 1. The Hall–Kier alpha value is -4.42. The fourth-order valence-electron chi connectivity index (χ4n) is 5.11. The Labute approximate surface area is 211 Å². The maximum absolute atomic E-state index is 13.9. The average Bonchev–Trinajstić information content (AvgIpc) is 3.24. The van der Waals surface area contributed by atoms with Crippen LogP contribution in [-0.4, -0.2) is 15.6 Å². The van der Waals surface area contributed by atoms with Crippen LogP contribution < -0.4 is 10.3 Å². The highest BCUT2D eigenvalue weighted by atomic mass is 35.5. The van der Waals surface area contributed by atoms with Crippen molar-refractivity contribution in [1.29, 1.82) is 0 Å². The number of hydrogen-bond donors (Lipinski definition) is 0. The first-order valence-electron chi connectivity index (χ1n) is 11.6. The molecule has 0 saturated heterocycles. The molecule has 7 heteroatoms. The van der Waals surface area contributed by atoms with Crippen molar-refractivity contribution in [2.75, 3.05) is 4.90 Å². The van der Waals surface area contributed by atoms with Crippen LogP contribution in [0.4, 0.5) is 11.5 Å². The van der Waals surface area contributed by atoms with Crippen LogP contribution in [0.2, 0.25) is 5.02 Å². The van der Waals surface area contributed by atoms with Gasteiger partial charge in [0.1, 0.15) is 17.7 Å². The Balaban J connectivity index is 1.54. The first kappa shape index (κ1) is 20.9. The van der Waals surface area contributed by atoms with Gasteiger partial charge in [0.25, 0.3) is 0 Å². The molecule has 0 unspecified atom stereocenters. The third-order valence-electron chi connectivity index (χ3n) is 6.76. The number of aryl methyl sites for hydroxylation is 1. The van der Waals surface area contributed by atoms with E-state index in [-0.39, 0.29) is 5.43 Å². The average molecular weight is 491 g/mol. The summed E-state index contributed by atoms with van der Waals surface area (Å²) in [5.74, 6) is 1.41. The van der Waals surface area contributed by atoms with E-state index in [0.717, 1.165) is 34.0 Å². The lowest BCUT2D eigenvalue weighted by Crippen LogP contribution is -2.40. The summed E-state index contributed by atoms with van der Waals surface area (Å²) >= 11 is 6.14. The SMILES string of the molecule is Cc1nn(-c2ccc(Cl)cc2)c2c1[C@@H](c1coc3ccccc3c1=O)N1C(=N2)C=Cc2ccccc21. The number of aliphatic imine (C=N–C) groups is 1. The molecule has 2 aliphatic heterocycles. The van der Waals surface area contributed by atoms with E-state index in [4.69, 9.17) is 26.1 Å². The van der Waals surface area contributed by atoms with Crippen molar-refractivity contribution in [2.45, 2.75) is 13.0 Å².